The molecular formula is C18H14BrCl2F4NO3. The number of halogens is 7. The van der Waals surface area contributed by atoms with Crippen molar-refractivity contribution >= 4 is 39.1 Å². The minimum atomic E-state index is -4.45. The Morgan fingerprint density at radius 3 is 2.28 bits per heavy atom. The van der Waals surface area contributed by atoms with Crippen molar-refractivity contribution in [2.75, 3.05) is 19.8 Å². The molecule has 1 aromatic carbocycles. The van der Waals surface area contributed by atoms with Crippen LogP contribution in [-0.4, -0.2) is 24.8 Å². The first-order valence-electron chi connectivity index (χ1n) is 8.08. The number of nitrogens with zero attached hydrogens (tertiary/aromatic N) is 1. The maximum atomic E-state index is 12.6. The third kappa shape index (κ3) is 7.91. The number of ether oxygens (including phenoxy) is 3. The highest BCUT2D eigenvalue weighted by Crippen LogP contribution is 2.37. The van der Waals surface area contributed by atoms with Gasteiger partial charge in [0.15, 0.2) is 10.5 Å². The summed E-state index contributed by atoms with van der Waals surface area (Å²) in [5, 5.41) is 0.419. The number of hydrogen-bond donors (Lipinski definition) is 0. The van der Waals surface area contributed by atoms with Crippen LogP contribution in [0.2, 0.25) is 10.0 Å². The normalized spacial score (nSPS) is 12.0. The number of benzene rings is 1. The average Bonchev–Trinajstić information content (AvgIpc) is 2.62. The number of rotatable bonds is 9. The zero-order valence-electron chi connectivity index (χ0n) is 14.6. The summed E-state index contributed by atoms with van der Waals surface area (Å²) in [6.07, 6.45) is -2.16. The number of alkyl halides is 3. The van der Waals surface area contributed by atoms with Crippen LogP contribution in [0.1, 0.15) is 12.0 Å². The largest absolute Gasteiger partial charge is 0.490 e. The molecule has 2 rings (SSSR count). The topological polar surface area (TPSA) is 40.6 Å². The van der Waals surface area contributed by atoms with Gasteiger partial charge in [-0.25, -0.2) is 4.98 Å². The van der Waals surface area contributed by atoms with Gasteiger partial charge in [0.2, 0.25) is 5.88 Å². The Bertz CT molecular complexity index is 821. The maximum Gasteiger partial charge on any atom is 0.417 e. The van der Waals surface area contributed by atoms with Gasteiger partial charge in [0.1, 0.15) is 12.4 Å². The molecule has 29 heavy (non-hydrogen) atoms. The molecule has 0 aliphatic rings. The molecule has 158 valence electrons. The first-order valence-corrected chi connectivity index (χ1v) is 9.63. The fraction of sp³-hybridized carbons (Fsp3) is 0.278. The molecule has 0 radical (unpaired) electrons. The first-order chi connectivity index (χ1) is 13.7. The van der Waals surface area contributed by atoms with Crippen molar-refractivity contribution in [1.29, 1.82) is 0 Å². The number of hydrogen-bond acceptors (Lipinski definition) is 4. The molecule has 0 saturated heterocycles. The van der Waals surface area contributed by atoms with Crippen LogP contribution in [0.3, 0.4) is 0 Å². The second kappa shape index (κ2) is 10.9. The van der Waals surface area contributed by atoms with Crippen molar-refractivity contribution in [2.24, 2.45) is 0 Å². The van der Waals surface area contributed by atoms with E-state index in [0.717, 1.165) is 12.1 Å². The molecule has 0 amide bonds. The third-order valence-electron chi connectivity index (χ3n) is 3.31. The molecule has 0 aliphatic heterocycles. The van der Waals surface area contributed by atoms with Crippen molar-refractivity contribution in [3.8, 4) is 17.4 Å². The van der Waals surface area contributed by atoms with E-state index in [2.05, 4.69) is 20.9 Å². The highest BCUT2D eigenvalue weighted by molar-refractivity contribution is 9.11. The zero-order valence-corrected chi connectivity index (χ0v) is 17.7. The summed E-state index contributed by atoms with van der Waals surface area (Å²) in [5.74, 6) is 0.661. The second-order valence-corrected chi connectivity index (χ2v) is 7.03. The SMILES string of the molecule is F/C(Br)=C/COc1cc(Cl)c(OCCCOc2ccc(C(F)(F)F)cn2)c(Cl)c1. The molecule has 11 heteroatoms. The van der Waals surface area contributed by atoms with Gasteiger partial charge in [0.25, 0.3) is 0 Å². The van der Waals surface area contributed by atoms with E-state index < -0.39 is 16.5 Å². The monoisotopic (exact) mass is 517 g/mol. The van der Waals surface area contributed by atoms with Crippen LogP contribution >= 0.6 is 39.1 Å². The van der Waals surface area contributed by atoms with Crippen LogP contribution in [0.4, 0.5) is 17.6 Å². The average molecular weight is 519 g/mol. The van der Waals surface area contributed by atoms with E-state index in [9.17, 15) is 17.6 Å². The van der Waals surface area contributed by atoms with E-state index in [4.69, 9.17) is 37.4 Å². The fourth-order valence-corrected chi connectivity index (χ4v) is 2.71. The molecule has 0 bridgehead atoms. The van der Waals surface area contributed by atoms with E-state index in [1.807, 2.05) is 0 Å². The van der Waals surface area contributed by atoms with Crippen molar-refractivity contribution in [2.45, 2.75) is 12.6 Å². The van der Waals surface area contributed by atoms with E-state index >= 15 is 0 Å². The van der Waals surface area contributed by atoms with Gasteiger partial charge >= 0.3 is 6.18 Å². The summed E-state index contributed by atoms with van der Waals surface area (Å²) >= 11 is 14.9. The van der Waals surface area contributed by atoms with Crippen LogP contribution in [0, 0.1) is 0 Å². The molecule has 0 aliphatic carbocycles. The third-order valence-corrected chi connectivity index (χ3v) is 4.19. The summed E-state index contributed by atoms with van der Waals surface area (Å²) in [5.41, 5.74) is -0.849. The van der Waals surface area contributed by atoms with Gasteiger partial charge in [-0.05, 0) is 28.1 Å². The van der Waals surface area contributed by atoms with E-state index in [1.165, 1.54) is 18.2 Å². The number of pyridine rings is 1. The van der Waals surface area contributed by atoms with Crippen LogP contribution < -0.4 is 14.2 Å². The predicted octanol–water partition coefficient (Wildman–Crippen LogP) is 6.84. The van der Waals surface area contributed by atoms with Crippen molar-refractivity contribution in [1.82, 2.24) is 4.98 Å². The summed E-state index contributed by atoms with van der Waals surface area (Å²) in [4.78, 5) is 3.60. The van der Waals surface area contributed by atoms with Gasteiger partial charge in [-0.3, -0.25) is 0 Å². The lowest BCUT2D eigenvalue weighted by Gasteiger charge is -2.12. The summed E-state index contributed by atoms with van der Waals surface area (Å²) < 4.78 is 65.5. The summed E-state index contributed by atoms with van der Waals surface area (Å²) in [6, 6.07) is 4.99. The molecule has 0 saturated carbocycles. The van der Waals surface area contributed by atoms with Crippen molar-refractivity contribution in [3.05, 3.63) is 56.9 Å². The highest BCUT2D eigenvalue weighted by atomic mass is 79.9. The lowest BCUT2D eigenvalue weighted by atomic mass is 10.3. The summed E-state index contributed by atoms with van der Waals surface area (Å²) in [6.45, 7) is 0.344. The van der Waals surface area contributed by atoms with E-state index in [1.54, 1.807) is 0 Å². The Morgan fingerprint density at radius 2 is 1.72 bits per heavy atom. The zero-order chi connectivity index (χ0) is 21.4. The van der Waals surface area contributed by atoms with Crippen molar-refractivity contribution < 1.29 is 31.8 Å². The van der Waals surface area contributed by atoms with Crippen molar-refractivity contribution in [3.63, 3.8) is 0 Å². The quantitative estimate of drug-likeness (QED) is 0.269. The Labute approximate surface area is 182 Å². The van der Waals surface area contributed by atoms with Gasteiger partial charge in [-0.15, -0.1) is 0 Å². The fourth-order valence-electron chi connectivity index (χ4n) is 2.00. The van der Waals surface area contributed by atoms with Gasteiger partial charge in [0.05, 0.1) is 28.8 Å². The lowest BCUT2D eigenvalue weighted by Crippen LogP contribution is -2.08. The minimum absolute atomic E-state index is 0.0146. The van der Waals surface area contributed by atoms with Crippen LogP contribution in [-0.2, 0) is 6.18 Å². The Balaban J connectivity index is 1.79. The molecule has 0 spiro atoms. The molecule has 0 fully saturated rings. The highest BCUT2D eigenvalue weighted by Gasteiger charge is 2.30. The summed E-state index contributed by atoms with van der Waals surface area (Å²) in [7, 11) is 0. The smallest absolute Gasteiger partial charge is 0.417 e. The molecule has 4 nitrogen and oxygen atoms in total. The van der Waals surface area contributed by atoms with Crippen LogP contribution in [0.5, 0.6) is 17.4 Å². The van der Waals surface area contributed by atoms with Gasteiger partial charge in [-0.2, -0.15) is 17.6 Å². The molecule has 0 atom stereocenters. The Morgan fingerprint density at radius 1 is 1.07 bits per heavy atom. The Hall–Kier alpha value is -1.71. The standard InChI is InChI=1S/C18H14BrCl2F4NO3/c19-15(22)4-7-27-12-8-13(20)17(14(21)9-12)29-6-1-5-28-16-3-2-11(10-26-16)18(23,24)25/h2-4,8-10H,1,5-7H2/b15-4+. The first kappa shape index (κ1) is 23.6. The van der Waals surface area contributed by atoms with Crippen LogP contribution in [0.25, 0.3) is 0 Å². The molecular weight excluding hydrogens is 505 g/mol. The van der Waals surface area contributed by atoms with Gasteiger partial charge in [0, 0.05) is 30.8 Å². The van der Waals surface area contributed by atoms with Gasteiger partial charge < -0.3 is 14.2 Å². The molecule has 2 aromatic rings. The van der Waals surface area contributed by atoms with Gasteiger partial charge in [-0.1, -0.05) is 23.2 Å². The molecule has 1 heterocycles. The van der Waals surface area contributed by atoms with Crippen LogP contribution in [0.15, 0.2) is 41.3 Å². The predicted molar refractivity (Wildman–Crippen MR) is 105 cm³/mol. The second-order valence-electron chi connectivity index (χ2n) is 5.45. The lowest BCUT2D eigenvalue weighted by molar-refractivity contribution is -0.137. The van der Waals surface area contributed by atoms with E-state index in [-0.39, 0.29) is 41.5 Å². The molecule has 1 aromatic heterocycles. The molecule has 0 N–H and O–H groups in total. The number of aromatic nitrogens is 1. The van der Waals surface area contributed by atoms with E-state index in [0.29, 0.717) is 18.4 Å². The maximum absolute atomic E-state index is 12.6. The Kier molecular flexibility index (Phi) is 8.85. The minimum Gasteiger partial charge on any atom is -0.490 e. The molecule has 0 unspecified atom stereocenters.